The molecule has 7 heteroatoms. The minimum Gasteiger partial charge on any atom is -0.389 e. The molecule has 3 aliphatic rings. The number of piperidine rings is 1. The van der Waals surface area contributed by atoms with Crippen LogP contribution in [0.1, 0.15) is 18.4 Å². The van der Waals surface area contributed by atoms with Crippen LogP contribution in [-0.4, -0.2) is 67.1 Å². The van der Waals surface area contributed by atoms with Crippen molar-refractivity contribution in [2.24, 2.45) is 11.8 Å². The fraction of sp³-hybridized carbons (Fsp3) is 0.650. The molecule has 2 N–H and O–H groups in total. The summed E-state index contributed by atoms with van der Waals surface area (Å²) in [6.07, 6.45) is 1.43. The maximum absolute atomic E-state index is 13.7. The van der Waals surface area contributed by atoms with Crippen LogP contribution in [0.15, 0.2) is 24.3 Å². The van der Waals surface area contributed by atoms with Crippen LogP contribution in [0, 0.1) is 17.7 Å². The summed E-state index contributed by atoms with van der Waals surface area (Å²) in [7, 11) is 0. The van der Waals surface area contributed by atoms with E-state index in [0.717, 1.165) is 6.42 Å². The second kappa shape index (κ2) is 7.83. The van der Waals surface area contributed by atoms with Gasteiger partial charge in [-0.3, -0.25) is 9.69 Å². The van der Waals surface area contributed by atoms with Crippen LogP contribution in [0.3, 0.4) is 0 Å². The molecular formula is C20H27FN2O4. The smallest absolute Gasteiger partial charge is 0.234 e. The van der Waals surface area contributed by atoms with Crippen LogP contribution >= 0.6 is 0 Å². The number of halogens is 1. The number of hydrogen-bond donors (Lipinski definition) is 2. The van der Waals surface area contributed by atoms with E-state index in [9.17, 15) is 14.3 Å². The van der Waals surface area contributed by atoms with E-state index in [1.165, 1.54) is 6.07 Å². The minimum absolute atomic E-state index is 0.00623. The second-order valence-corrected chi connectivity index (χ2v) is 7.85. The molecule has 27 heavy (non-hydrogen) atoms. The molecule has 3 saturated heterocycles. The maximum atomic E-state index is 13.7. The molecule has 0 radical (unpaired) electrons. The molecule has 3 heterocycles. The molecule has 0 unspecified atom stereocenters. The van der Waals surface area contributed by atoms with Crippen LogP contribution in [-0.2, 0) is 20.8 Å². The van der Waals surface area contributed by atoms with Crippen LogP contribution in [0.4, 0.5) is 4.39 Å². The molecule has 1 amide bonds. The fourth-order valence-electron chi connectivity index (χ4n) is 4.83. The monoisotopic (exact) mass is 378 g/mol. The van der Waals surface area contributed by atoms with Crippen molar-refractivity contribution in [1.82, 2.24) is 10.2 Å². The molecule has 1 aromatic rings. The van der Waals surface area contributed by atoms with E-state index in [4.69, 9.17) is 9.47 Å². The van der Waals surface area contributed by atoms with Gasteiger partial charge in [-0.05, 0) is 12.5 Å². The first-order valence-electron chi connectivity index (χ1n) is 9.70. The number of hydrogen-bond acceptors (Lipinski definition) is 5. The molecule has 4 atom stereocenters. The summed E-state index contributed by atoms with van der Waals surface area (Å²) in [5.41, 5.74) is -0.299. The van der Waals surface area contributed by atoms with Gasteiger partial charge in [0.25, 0.3) is 0 Å². The zero-order valence-electron chi connectivity index (χ0n) is 15.4. The molecular weight excluding hydrogens is 351 g/mol. The molecule has 0 bridgehead atoms. The molecule has 148 valence electrons. The highest BCUT2D eigenvalue weighted by atomic mass is 19.1. The third-order valence-corrected chi connectivity index (χ3v) is 6.34. The van der Waals surface area contributed by atoms with Crippen molar-refractivity contribution in [3.8, 4) is 0 Å². The summed E-state index contributed by atoms with van der Waals surface area (Å²) in [5, 5.41) is 14.1. The number of fused-ring (bicyclic) bond motifs is 3. The van der Waals surface area contributed by atoms with E-state index in [1.807, 2.05) is 0 Å². The first-order chi connectivity index (χ1) is 13.1. The van der Waals surface area contributed by atoms with Crippen molar-refractivity contribution in [1.29, 1.82) is 0 Å². The van der Waals surface area contributed by atoms with Gasteiger partial charge in [0.05, 0.1) is 25.4 Å². The van der Waals surface area contributed by atoms with Crippen LogP contribution in [0.25, 0.3) is 0 Å². The molecule has 3 fully saturated rings. The lowest BCUT2D eigenvalue weighted by molar-refractivity contribution is -0.219. The van der Waals surface area contributed by atoms with Crippen molar-refractivity contribution in [3.05, 3.63) is 35.6 Å². The molecule has 6 nitrogen and oxygen atoms in total. The Morgan fingerprint density at radius 3 is 2.96 bits per heavy atom. The Morgan fingerprint density at radius 2 is 2.11 bits per heavy atom. The normalized spacial score (nSPS) is 33.8. The van der Waals surface area contributed by atoms with E-state index >= 15 is 0 Å². The summed E-state index contributed by atoms with van der Waals surface area (Å²) >= 11 is 0. The number of nitrogens with one attached hydrogen (secondary N) is 1. The van der Waals surface area contributed by atoms with Gasteiger partial charge in [-0.2, -0.15) is 0 Å². The number of carbonyl (C=O) groups excluding carboxylic acids is 1. The third-order valence-electron chi connectivity index (χ3n) is 6.34. The maximum Gasteiger partial charge on any atom is 0.234 e. The van der Waals surface area contributed by atoms with Gasteiger partial charge < -0.3 is 19.9 Å². The number of benzene rings is 1. The topological polar surface area (TPSA) is 71.0 Å². The zero-order chi connectivity index (χ0) is 18.9. The highest BCUT2D eigenvalue weighted by molar-refractivity contribution is 5.78. The molecule has 4 rings (SSSR count). The number of likely N-dealkylation sites (tertiary alicyclic amines) is 1. The summed E-state index contributed by atoms with van der Waals surface area (Å²) < 4.78 is 25.0. The van der Waals surface area contributed by atoms with Gasteiger partial charge in [0.15, 0.2) is 0 Å². The second-order valence-electron chi connectivity index (χ2n) is 7.85. The lowest BCUT2D eigenvalue weighted by Crippen LogP contribution is -2.68. The Labute approximate surface area is 158 Å². The average molecular weight is 378 g/mol. The highest BCUT2D eigenvalue weighted by Crippen LogP contribution is 2.44. The van der Waals surface area contributed by atoms with Gasteiger partial charge in [0.2, 0.25) is 5.91 Å². The Kier molecular flexibility index (Phi) is 5.45. The number of rotatable bonds is 4. The lowest BCUT2D eigenvalue weighted by atomic mass is 9.66. The van der Waals surface area contributed by atoms with Gasteiger partial charge in [-0.25, -0.2) is 4.39 Å². The molecule has 1 aromatic carbocycles. The van der Waals surface area contributed by atoms with E-state index in [0.29, 0.717) is 45.0 Å². The number of ether oxygens (including phenoxy) is 2. The standard InChI is InChI=1S/C20H27FN2O4/c21-17-4-2-1-3-14(17)9-22-19(24)11-23-10-15-12-27-8-6-20(15,25)16-13-26-7-5-18(16)23/h1-4,15-16,18,25H,5-13H2,(H,22,24)/t15-,16+,18-,20-/m0/s1. The largest absolute Gasteiger partial charge is 0.389 e. The van der Waals surface area contributed by atoms with Crippen molar-refractivity contribution >= 4 is 5.91 Å². The van der Waals surface area contributed by atoms with E-state index in [-0.39, 0.29) is 42.7 Å². The molecule has 0 spiro atoms. The highest BCUT2D eigenvalue weighted by Gasteiger charge is 2.55. The molecule has 0 aliphatic carbocycles. The third kappa shape index (κ3) is 3.74. The number of carbonyl (C=O) groups is 1. The number of aliphatic hydroxyl groups is 1. The SMILES string of the molecule is O=C(CN1C[C@H]2COCC[C@@]2(O)[C@@H]2COCC[C@@H]21)NCc1ccccc1F. The van der Waals surface area contributed by atoms with Crippen LogP contribution in [0.2, 0.25) is 0 Å². The van der Waals surface area contributed by atoms with E-state index < -0.39 is 5.60 Å². The first-order valence-corrected chi connectivity index (χ1v) is 9.70. The van der Waals surface area contributed by atoms with Gasteiger partial charge in [-0.1, -0.05) is 18.2 Å². The predicted octanol–water partition coefficient (Wildman–Crippen LogP) is 0.930. The van der Waals surface area contributed by atoms with Gasteiger partial charge >= 0.3 is 0 Å². The van der Waals surface area contributed by atoms with Crippen molar-refractivity contribution in [2.45, 2.75) is 31.0 Å². The molecule has 3 aliphatic heterocycles. The van der Waals surface area contributed by atoms with Crippen LogP contribution in [0.5, 0.6) is 0 Å². The summed E-state index contributed by atoms with van der Waals surface area (Å²) in [5.74, 6) is -0.475. The van der Waals surface area contributed by atoms with E-state index in [2.05, 4.69) is 10.2 Å². The number of amides is 1. The molecule has 0 saturated carbocycles. The zero-order valence-corrected chi connectivity index (χ0v) is 15.4. The Hall–Kier alpha value is -1.54. The fourth-order valence-corrected chi connectivity index (χ4v) is 4.83. The van der Waals surface area contributed by atoms with Crippen molar-refractivity contribution in [2.75, 3.05) is 39.5 Å². The Morgan fingerprint density at radius 1 is 1.30 bits per heavy atom. The average Bonchev–Trinajstić information content (AvgIpc) is 2.68. The van der Waals surface area contributed by atoms with Crippen molar-refractivity contribution in [3.63, 3.8) is 0 Å². The number of nitrogens with zero attached hydrogens (tertiary/aromatic N) is 1. The van der Waals surface area contributed by atoms with Gasteiger partial charge in [0.1, 0.15) is 5.82 Å². The quantitative estimate of drug-likeness (QED) is 0.816. The van der Waals surface area contributed by atoms with Crippen molar-refractivity contribution < 1.29 is 23.8 Å². The van der Waals surface area contributed by atoms with Gasteiger partial charge in [-0.15, -0.1) is 0 Å². The minimum atomic E-state index is -0.774. The Balaban J connectivity index is 1.41. The predicted molar refractivity (Wildman–Crippen MR) is 96.4 cm³/mol. The summed E-state index contributed by atoms with van der Waals surface area (Å²) in [6, 6.07) is 6.57. The summed E-state index contributed by atoms with van der Waals surface area (Å²) in [4.78, 5) is 14.7. The first kappa shape index (κ1) is 18.8. The van der Waals surface area contributed by atoms with Gasteiger partial charge in [0, 0.05) is 56.2 Å². The van der Waals surface area contributed by atoms with Crippen LogP contribution < -0.4 is 5.32 Å². The van der Waals surface area contributed by atoms with E-state index in [1.54, 1.807) is 18.2 Å². The Bertz CT molecular complexity index is 688. The summed E-state index contributed by atoms with van der Waals surface area (Å²) in [6.45, 7) is 3.28. The lowest BCUT2D eigenvalue weighted by Gasteiger charge is -2.57. The molecule has 0 aromatic heterocycles.